The van der Waals surface area contributed by atoms with Crippen LogP contribution in [0.1, 0.15) is 26.7 Å². The second-order valence-corrected chi connectivity index (χ2v) is 43.3. The van der Waals surface area contributed by atoms with Crippen LogP contribution in [0.2, 0.25) is 38.3 Å². The molecule has 0 nitrogen and oxygen atoms in total. The summed E-state index contributed by atoms with van der Waals surface area (Å²) < 4.78 is -0.239. The predicted octanol–water partition coefficient (Wildman–Crippen LogP) is 3.27. The van der Waals surface area contributed by atoms with Crippen molar-refractivity contribution in [3.63, 3.8) is 0 Å². The molecular weight excluding hydrogens is 227 g/mol. The zero-order valence-corrected chi connectivity index (χ0v) is 16.6. The second-order valence-electron chi connectivity index (χ2n) is 6.20. The third kappa shape index (κ3) is 4.66. The fourth-order valence-corrected chi connectivity index (χ4v) is 45.8. The molecule has 0 aromatic carbocycles. The van der Waals surface area contributed by atoms with E-state index < -0.39 is 15.2 Å². The average Bonchev–Trinajstić information content (AvgIpc) is 2.02. The Morgan fingerprint density at radius 1 is 0.857 bits per heavy atom. The van der Waals surface area contributed by atoms with Crippen molar-refractivity contribution in [2.75, 3.05) is 0 Å². The minimum absolute atomic E-state index is 0.239. The molecule has 0 N–H and O–H groups in total. The SMILES string of the molecule is CCC[Si](C)(C)[SiH]([Na])[Si](C)(C)CCC. The Kier molecular flexibility index (Phi) is 7.16. The Morgan fingerprint density at radius 2 is 1.14 bits per heavy atom. The first kappa shape index (κ1) is 15.7. The van der Waals surface area contributed by atoms with Crippen molar-refractivity contribution in [1.82, 2.24) is 0 Å². The molecule has 0 radical (unpaired) electrons. The van der Waals surface area contributed by atoms with Crippen LogP contribution < -0.4 is 0 Å². The van der Waals surface area contributed by atoms with E-state index in [0.717, 1.165) is 0 Å². The quantitative estimate of drug-likeness (QED) is 0.638. The van der Waals surface area contributed by atoms with Gasteiger partial charge < -0.3 is 0 Å². The van der Waals surface area contributed by atoms with E-state index in [9.17, 15) is 0 Å². The van der Waals surface area contributed by atoms with E-state index in [0.29, 0.717) is 0 Å². The molecule has 0 fully saturated rings. The topological polar surface area (TPSA) is 0 Å². The molecule has 0 bridgehead atoms. The molecule has 14 heavy (non-hydrogen) atoms. The molecule has 0 saturated heterocycles. The Morgan fingerprint density at radius 3 is 1.36 bits per heavy atom. The van der Waals surface area contributed by atoms with E-state index in [4.69, 9.17) is 0 Å². The van der Waals surface area contributed by atoms with Crippen LogP contribution in [0.5, 0.6) is 0 Å². The molecule has 0 aliphatic carbocycles. The van der Waals surface area contributed by atoms with Gasteiger partial charge in [0.15, 0.2) is 0 Å². The van der Waals surface area contributed by atoms with Gasteiger partial charge in [-0.2, -0.15) is 0 Å². The van der Waals surface area contributed by atoms with Gasteiger partial charge in [-0.3, -0.25) is 0 Å². The van der Waals surface area contributed by atoms with Crippen LogP contribution in [-0.2, 0) is 0 Å². The maximum atomic E-state index is 2.70. The summed E-state index contributed by atoms with van der Waals surface area (Å²) in [6, 6.07) is 3.24. The zero-order valence-electron chi connectivity index (χ0n) is 11.4. The number of hydrogen-bond donors (Lipinski definition) is 0. The summed E-state index contributed by atoms with van der Waals surface area (Å²) in [7, 11) is -1.43. The van der Waals surface area contributed by atoms with Gasteiger partial charge >= 0.3 is 112 Å². The van der Waals surface area contributed by atoms with Gasteiger partial charge in [-0.25, -0.2) is 0 Å². The van der Waals surface area contributed by atoms with Gasteiger partial charge in [-0.15, -0.1) is 0 Å². The fraction of sp³-hybridized carbons (Fsp3) is 1.00. The van der Waals surface area contributed by atoms with E-state index in [1.165, 1.54) is 12.8 Å². The summed E-state index contributed by atoms with van der Waals surface area (Å²) in [4.78, 5) is 0. The van der Waals surface area contributed by atoms with E-state index >= 15 is 0 Å². The van der Waals surface area contributed by atoms with Crippen molar-refractivity contribution < 1.29 is 0 Å². The third-order valence-corrected chi connectivity index (χ3v) is 70.4. The van der Waals surface area contributed by atoms with Crippen LogP contribution in [0, 0.1) is 0 Å². The molecule has 0 spiro atoms. The van der Waals surface area contributed by atoms with Crippen molar-refractivity contribution in [2.24, 2.45) is 0 Å². The molecule has 0 atom stereocenters. The molecule has 0 aliphatic heterocycles. The van der Waals surface area contributed by atoms with Crippen molar-refractivity contribution in [3.05, 3.63) is 0 Å². The Bertz CT molecular complexity index is 151. The Labute approximate surface area is 111 Å². The van der Waals surface area contributed by atoms with Gasteiger partial charge in [0, 0.05) is 0 Å². The van der Waals surface area contributed by atoms with E-state index in [1.54, 1.807) is 39.1 Å². The van der Waals surface area contributed by atoms with Crippen LogP contribution in [0.25, 0.3) is 0 Å². The molecule has 0 aromatic rings. The van der Waals surface area contributed by atoms with E-state index in [-0.39, 0.29) is 4.39 Å². The summed E-state index contributed by atoms with van der Waals surface area (Å²) in [5.74, 6) is 0. The standard InChI is InChI=1S/C10H27Si3.Na/c1-7-9-12(3,4)11-13(5,6)10-8-2;/h11H,7-10H2,1-6H3;. The van der Waals surface area contributed by atoms with Crippen LogP contribution in [0.3, 0.4) is 0 Å². The normalized spacial score (nSPS) is 13.8. The fourth-order valence-electron chi connectivity index (χ4n) is 2.78. The first-order chi connectivity index (χ1) is 6.28. The number of rotatable bonds is 6. The number of hydrogen-bond acceptors (Lipinski definition) is 0. The summed E-state index contributed by atoms with van der Waals surface area (Å²) in [6.07, 6.45) is 2.89. The molecule has 80 valence electrons. The van der Waals surface area contributed by atoms with E-state index in [2.05, 4.69) is 40.0 Å². The molecule has 0 heterocycles. The molecule has 0 aliphatic rings. The second kappa shape index (κ2) is 6.40. The van der Waals surface area contributed by atoms with E-state index in [1.807, 2.05) is 0 Å². The first-order valence-electron chi connectivity index (χ1n) is 6.28. The van der Waals surface area contributed by atoms with Crippen LogP contribution in [0.15, 0.2) is 0 Å². The Hall–Kier alpha value is 1.65. The van der Waals surface area contributed by atoms with Crippen molar-refractivity contribution in [2.45, 2.75) is 65.0 Å². The summed E-state index contributed by atoms with van der Waals surface area (Å²) in [6.45, 7) is 15.6. The molecule has 0 saturated carbocycles. The van der Waals surface area contributed by atoms with Crippen molar-refractivity contribution >= 4 is 46.6 Å². The minimum atomic E-state index is -0.717. The molecular formula is C10H27NaSi3. The van der Waals surface area contributed by atoms with Gasteiger partial charge in [0.1, 0.15) is 0 Å². The average molecular weight is 255 g/mol. The zero-order chi connectivity index (χ0) is 11.4. The van der Waals surface area contributed by atoms with Crippen LogP contribution in [-0.4, -0.2) is 46.6 Å². The van der Waals surface area contributed by atoms with Crippen molar-refractivity contribution in [3.8, 4) is 0 Å². The van der Waals surface area contributed by atoms with Gasteiger partial charge in [-0.1, -0.05) is 0 Å². The summed E-state index contributed by atoms with van der Waals surface area (Å²) in [5.41, 5.74) is 0. The van der Waals surface area contributed by atoms with Crippen LogP contribution in [0.4, 0.5) is 0 Å². The molecule has 0 rings (SSSR count). The van der Waals surface area contributed by atoms with Gasteiger partial charge in [-0.05, 0) is 0 Å². The van der Waals surface area contributed by atoms with Gasteiger partial charge in [0.05, 0.1) is 0 Å². The summed E-state index contributed by atoms with van der Waals surface area (Å²) in [5, 5.41) is 0. The maximum absolute atomic E-state index is 2.70. The van der Waals surface area contributed by atoms with Crippen molar-refractivity contribution in [1.29, 1.82) is 0 Å². The Balaban J connectivity index is 4.49. The summed E-state index contributed by atoms with van der Waals surface area (Å²) >= 11 is 1.60. The monoisotopic (exact) mass is 254 g/mol. The van der Waals surface area contributed by atoms with Crippen LogP contribution >= 0.6 is 0 Å². The first-order valence-corrected chi connectivity index (χ1v) is 20.9. The van der Waals surface area contributed by atoms with Gasteiger partial charge in [0.2, 0.25) is 0 Å². The molecule has 4 heteroatoms. The molecule has 0 amide bonds. The predicted molar refractivity (Wildman–Crippen MR) is 78.1 cm³/mol. The molecule has 0 aromatic heterocycles. The molecule has 0 unspecified atom stereocenters. The van der Waals surface area contributed by atoms with Gasteiger partial charge in [0.25, 0.3) is 0 Å². The third-order valence-electron chi connectivity index (χ3n) is 4.13.